The van der Waals surface area contributed by atoms with Crippen LogP contribution in [0.5, 0.6) is 0 Å². The van der Waals surface area contributed by atoms with Crippen LogP contribution in [0.1, 0.15) is 51.5 Å². The van der Waals surface area contributed by atoms with Crippen molar-refractivity contribution >= 4 is 11.5 Å². The molecule has 3 N–H and O–H groups in total. The molecule has 1 aromatic rings. The van der Waals surface area contributed by atoms with Crippen molar-refractivity contribution in [1.29, 1.82) is 0 Å². The van der Waals surface area contributed by atoms with Gasteiger partial charge in [0.25, 0.3) is 0 Å². The lowest BCUT2D eigenvalue weighted by Gasteiger charge is -2.33. The number of benzene rings is 1. The molecule has 1 fully saturated rings. The fourth-order valence-corrected chi connectivity index (χ4v) is 3.11. The van der Waals surface area contributed by atoms with Crippen LogP contribution in [0.25, 0.3) is 0 Å². The normalized spacial score (nSPS) is 16.6. The summed E-state index contributed by atoms with van der Waals surface area (Å²) in [5.41, 5.74) is 7.79. The molecule has 0 amide bonds. The van der Waals surface area contributed by atoms with Crippen molar-refractivity contribution in [2.45, 2.75) is 52.0 Å². The van der Waals surface area contributed by atoms with Crippen LogP contribution < -0.4 is 10.6 Å². The van der Waals surface area contributed by atoms with Gasteiger partial charge in [0.2, 0.25) is 0 Å². The summed E-state index contributed by atoms with van der Waals surface area (Å²) in [4.78, 5) is 2.47. The molecule has 0 radical (unpaired) electrons. The van der Waals surface area contributed by atoms with Gasteiger partial charge in [0.1, 0.15) is 0 Å². The smallest absolute Gasteiger partial charge is 0.172 e. The van der Waals surface area contributed by atoms with E-state index in [1.54, 1.807) is 0 Å². The second-order valence-corrected chi connectivity index (χ2v) is 6.32. The number of amidine groups is 1. The second-order valence-electron chi connectivity index (χ2n) is 6.32. The molecule has 0 aromatic heterocycles. The Bertz CT molecular complexity index is 479. The lowest BCUT2D eigenvalue weighted by Crippen LogP contribution is -2.36. The van der Waals surface area contributed by atoms with Crippen LogP contribution in [0, 0.1) is 5.92 Å². The van der Waals surface area contributed by atoms with Gasteiger partial charge >= 0.3 is 0 Å². The van der Waals surface area contributed by atoms with Crippen LogP contribution in [0.3, 0.4) is 0 Å². The van der Waals surface area contributed by atoms with Gasteiger partial charge in [0.05, 0.1) is 0 Å². The first kappa shape index (κ1) is 15.7. The molecule has 2 rings (SSSR count). The summed E-state index contributed by atoms with van der Waals surface area (Å²) < 4.78 is 0. The Labute approximate surface area is 127 Å². The van der Waals surface area contributed by atoms with E-state index in [0.717, 1.165) is 24.2 Å². The van der Waals surface area contributed by atoms with E-state index >= 15 is 0 Å². The summed E-state index contributed by atoms with van der Waals surface area (Å²) in [5, 5.41) is 12.2. The van der Waals surface area contributed by atoms with Gasteiger partial charge < -0.3 is 15.8 Å². The van der Waals surface area contributed by atoms with Gasteiger partial charge in [-0.2, -0.15) is 0 Å². The Morgan fingerprint density at radius 3 is 2.62 bits per heavy atom. The maximum absolute atomic E-state index is 9.02. The van der Waals surface area contributed by atoms with E-state index in [0.29, 0.717) is 12.0 Å². The molecule has 1 saturated carbocycles. The predicted octanol–water partition coefficient (Wildman–Crippen LogP) is 3.58. The summed E-state index contributed by atoms with van der Waals surface area (Å²) in [6.45, 7) is 5.53. The van der Waals surface area contributed by atoms with E-state index in [1.165, 1.54) is 25.7 Å². The lowest BCUT2D eigenvalue weighted by molar-refractivity contribution is 0.318. The molecule has 0 unspecified atom stereocenters. The number of rotatable bonds is 6. The summed E-state index contributed by atoms with van der Waals surface area (Å²) >= 11 is 0. The zero-order valence-electron chi connectivity index (χ0n) is 13.1. The van der Waals surface area contributed by atoms with Crippen molar-refractivity contribution in [3.63, 3.8) is 0 Å². The highest BCUT2D eigenvalue weighted by Crippen LogP contribution is 2.31. The van der Waals surface area contributed by atoms with Crippen molar-refractivity contribution in [1.82, 2.24) is 0 Å². The quantitative estimate of drug-likeness (QED) is 0.364. The summed E-state index contributed by atoms with van der Waals surface area (Å²) in [6.07, 6.45) is 6.23. The monoisotopic (exact) mass is 289 g/mol. The summed E-state index contributed by atoms with van der Waals surface area (Å²) in [7, 11) is 0. The number of oxime groups is 1. The number of hydrogen-bond acceptors (Lipinski definition) is 3. The third kappa shape index (κ3) is 3.90. The van der Waals surface area contributed by atoms with Gasteiger partial charge in [-0.15, -0.1) is 0 Å². The molecule has 21 heavy (non-hydrogen) atoms. The van der Waals surface area contributed by atoms with E-state index in [9.17, 15) is 0 Å². The largest absolute Gasteiger partial charge is 0.409 e. The molecule has 0 atom stereocenters. The number of nitrogens with two attached hydrogens (primary N) is 1. The Hall–Kier alpha value is -1.71. The maximum atomic E-state index is 9.02. The van der Waals surface area contributed by atoms with Gasteiger partial charge in [-0.25, -0.2) is 0 Å². The first-order valence-electron chi connectivity index (χ1n) is 7.97. The first-order chi connectivity index (χ1) is 10.1. The highest BCUT2D eigenvalue weighted by molar-refractivity contribution is 6.02. The topological polar surface area (TPSA) is 61.8 Å². The van der Waals surface area contributed by atoms with Gasteiger partial charge in [0.15, 0.2) is 5.84 Å². The molecular formula is C17H27N3O. The fourth-order valence-electron chi connectivity index (χ4n) is 3.11. The highest BCUT2D eigenvalue weighted by Gasteiger charge is 2.25. The number of anilines is 1. The molecule has 0 saturated heterocycles. The Morgan fingerprint density at radius 2 is 2.00 bits per heavy atom. The van der Waals surface area contributed by atoms with Gasteiger partial charge in [-0.05, 0) is 37.3 Å². The second kappa shape index (κ2) is 7.34. The van der Waals surface area contributed by atoms with Crippen molar-refractivity contribution in [2.75, 3.05) is 11.4 Å². The lowest BCUT2D eigenvalue weighted by atomic mass is 10.0. The predicted molar refractivity (Wildman–Crippen MR) is 88.0 cm³/mol. The van der Waals surface area contributed by atoms with Gasteiger partial charge in [-0.3, -0.25) is 0 Å². The van der Waals surface area contributed by atoms with Crippen LogP contribution >= 0.6 is 0 Å². The minimum Gasteiger partial charge on any atom is -0.409 e. The molecule has 0 bridgehead atoms. The first-order valence-corrected chi connectivity index (χ1v) is 7.97. The van der Waals surface area contributed by atoms with Crippen molar-refractivity contribution in [3.8, 4) is 0 Å². The molecule has 0 aliphatic heterocycles. The van der Waals surface area contributed by atoms with Gasteiger partial charge in [0, 0.05) is 23.8 Å². The van der Waals surface area contributed by atoms with Crippen molar-refractivity contribution in [3.05, 3.63) is 29.8 Å². The molecule has 1 aliphatic carbocycles. The van der Waals surface area contributed by atoms with Crippen molar-refractivity contribution < 1.29 is 5.21 Å². The molecule has 0 heterocycles. The van der Waals surface area contributed by atoms with Gasteiger partial charge in [-0.1, -0.05) is 44.0 Å². The average molecular weight is 289 g/mol. The van der Waals surface area contributed by atoms with Crippen molar-refractivity contribution in [2.24, 2.45) is 16.8 Å². The molecule has 1 aliphatic rings. The fraction of sp³-hybridized carbons (Fsp3) is 0.588. The molecular weight excluding hydrogens is 262 g/mol. The summed E-state index contributed by atoms with van der Waals surface area (Å²) in [6, 6.07) is 8.57. The molecule has 4 nitrogen and oxygen atoms in total. The third-order valence-corrected chi connectivity index (χ3v) is 4.31. The van der Waals surface area contributed by atoms with Crippen LogP contribution in [-0.2, 0) is 0 Å². The van der Waals surface area contributed by atoms with E-state index in [-0.39, 0.29) is 5.84 Å². The minimum absolute atomic E-state index is 0.193. The Balaban J connectivity index is 2.31. The molecule has 4 heteroatoms. The van der Waals surface area contributed by atoms with Crippen LogP contribution in [0.4, 0.5) is 5.69 Å². The SMILES string of the molecule is CC(C)CCN(c1ccccc1/C(N)=N/O)C1CCCC1. The Kier molecular flexibility index (Phi) is 5.48. The van der Waals surface area contributed by atoms with E-state index < -0.39 is 0 Å². The van der Waals surface area contributed by atoms with Crippen LogP contribution in [-0.4, -0.2) is 23.6 Å². The highest BCUT2D eigenvalue weighted by atomic mass is 16.4. The maximum Gasteiger partial charge on any atom is 0.172 e. The Morgan fingerprint density at radius 1 is 1.33 bits per heavy atom. The molecule has 0 spiro atoms. The zero-order chi connectivity index (χ0) is 15.2. The average Bonchev–Trinajstić information content (AvgIpc) is 3.01. The number of para-hydroxylation sites is 1. The van der Waals surface area contributed by atoms with E-state index in [2.05, 4.69) is 30.0 Å². The number of nitrogens with zero attached hydrogens (tertiary/aromatic N) is 2. The molecule has 1 aromatic carbocycles. The number of hydrogen-bond donors (Lipinski definition) is 2. The summed E-state index contributed by atoms with van der Waals surface area (Å²) in [5.74, 6) is 0.864. The standard InChI is InChI=1S/C17H27N3O/c1-13(2)11-12-20(14-7-3-4-8-14)16-10-6-5-9-15(16)17(18)19-21/h5-6,9-10,13-14,21H,3-4,7-8,11-12H2,1-2H3,(H2,18,19). The molecule has 116 valence electrons. The van der Waals surface area contributed by atoms with Crippen LogP contribution in [0.2, 0.25) is 0 Å². The zero-order valence-corrected chi connectivity index (χ0v) is 13.1. The van der Waals surface area contributed by atoms with E-state index in [1.807, 2.05) is 18.2 Å². The minimum atomic E-state index is 0.193. The van der Waals surface area contributed by atoms with E-state index in [4.69, 9.17) is 10.9 Å². The van der Waals surface area contributed by atoms with Crippen LogP contribution in [0.15, 0.2) is 29.4 Å². The third-order valence-electron chi connectivity index (χ3n) is 4.31.